The van der Waals surface area contributed by atoms with Crippen molar-refractivity contribution in [3.05, 3.63) is 48.0 Å². The number of fused-ring (bicyclic) bond motifs is 3. The quantitative estimate of drug-likeness (QED) is 0.551. The Labute approximate surface area is 164 Å². The molecule has 3 saturated carbocycles. The van der Waals surface area contributed by atoms with E-state index < -0.39 is 0 Å². The van der Waals surface area contributed by atoms with Crippen molar-refractivity contribution in [2.75, 3.05) is 0 Å². The molecule has 0 amide bonds. The second-order valence-electron chi connectivity index (χ2n) is 9.48. The molecule has 0 heterocycles. The van der Waals surface area contributed by atoms with Crippen LogP contribution in [0.15, 0.2) is 42.5 Å². The van der Waals surface area contributed by atoms with E-state index in [1.807, 2.05) is 30.3 Å². The zero-order valence-corrected chi connectivity index (χ0v) is 16.6. The van der Waals surface area contributed by atoms with E-state index in [2.05, 4.69) is 13.5 Å². The van der Waals surface area contributed by atoms with Gasteiger partial charge in [-0.3, -0.25) is 4.79 Å². The van der Waals surface area contributed by atoms with Gasteiger partial charge in [-0.05, 0) is 80.5 Å². The first-order valence-electron chi connectivity index (χ1n) is 11.0. The zero-order chi connectivity index (χ0) is 19.0. The molecule has 0 radical (unpaired) electrons. The lowest BCUT2D eigenvalue weighted by Crippen LogP contribution is -2.47. The van der Waals surface area contributed by atoms with Crippen LogP contribution in [0, 0.1) is 35.5 Å². The van der Waals surface area contributed by atoms with Gasteiger partial charge in [-0.1, -0.05) is 49.4 Å². The Morgan fingerprint density at radius 2 is 1.85 bits per heavy atom. The average molecular weight is 367 g/mol. The fourth-order valence-corrected chi connectivity index (χ4v) is 6.81. The molecule has 1 N–H and O–H groups in total. The number of carbonyl (C=O) groups is 1. The normalized spacial score (nSPS) is 38.7. The van der Waals surface area contributed by atoms with E-state index in [0.717, 1.165) is 49.0 Å². The third-order valence-electron chi connectivity index (χ3n) is 7.93. The SMILES string of the molecule is C=C1C[C@@H](C)C2C3CCC(O)CC3CCC2C1CCC(=O)c1ccccc1. The number of Topliss-reactive ketones (excluding diaryl/α,β-unsaturated/α-hetero) is 1. The van der Waals surface area contributed by atoms with E-state index in [1.54, 1.807) is 0 Å². The third kappa shape index (κ3) is 3.78. The van der Waals surface area contributed by atoms with Gasteiger partial charge in [-0.15, -0.1) is 0 Å². The van der Waals surface area contributed by atoms with E-state index in [1.165, 1.54) is 24.8 Å². The van der Waals surface area contributed by atoms with Crippen molar-refractivity contribution in [1.82, 2.24) is 0 Å². The molecular weight excluding hydrogens is 332 g/mol. The van der Waals surface area contributed by atoms with E-state index in [-0.39, 0.29) is 11.9 Å². The van der Waals surface area contributed by atoms with Crippen molar-refractivity contribution in [3.63, 3.8) is 0 Å². The van der Waals surface area contributed by atoms with Crippen molar-refractivity contribution in [2.45, 2.75) is 64.4 Å². The van der Waals surface area contributed by atoms with Crippen molar-refractivity contribution in [2.24, 2.45) is 35.5 Å². The molecule has 3 aliphatic carbocycles. The summed E-state index contributed by atoms with van der Waals surface area (Å²) in [6.07, 6.45) is 8.34. The first-order valence-corrected chi connectivity index (χ1v) is 11.0. The van der Waals surface area contributed by atoms with Crippen LogP contribution in [0.3, 0.4) is 0 Å². The predicted molar refractivity (Wildman–Crippen MR) is 109 cm³/mol. The molecule has 0 saturated heterocycles. The number of benzene rings is 1. The van der Waals surface area contributed by atoms with E-state index in [9.17, 15) is 9.90 Å². The summed E-state index contributed by atoms with van der Waals surface area (Å²) in [5.41, 5.74) is 2.23. The van der Waals surface area contributed by atoms with E-state index in [4.69, 9.17) is 0 Å². The van der Waals surface area contributed by atoms with Gasteiger partial charge >= 0.3 is 0 Å². The number of hydrogen-bond donors (Lipinski definition) is 1. The fraction of sp³-hybridized carbons (Fsp3) is 0.640. The van der Waals surface area contributed by atoms with Crippen LogP contribution in [0.2, 0.25) is 0 Å². The Bertz CT molecular complexity index is 679. The van der Waals surface area contributed by atoms with Gasteiger partial charge < -0.3 is 5.11 Å². The summed E-state index contributed by atoms with van der Waals surface area (Å²) in [5.74, 6) is 4.43. The van der Waals surface area contributed by atoms with Crippen LogP contribution in [0.1, 0.15) is 68.6 Å². The lowest BCUT2D eigenvalue weighted by Gasteiger charge is -2.54. The Morgan fingerprint density at radius 3 is 2.63 bits per heavy atom. The minimum Gasteiger partial charge on any atom is -0.393 e. The molecule has 2 heteroatoms. The van der Waals surface area contributed by atoms with Gasteiger partial charge in [0.2, 0.25) is 0 Å². The van der Waals surface area contributed by atoms with Gasteiger partial charge in [0.15, 0.2) is 5.78 Å². The lowest BCUT2D eigenvalue weighted by atomic mass is 9.51. The minimum atomic E-state index is -0.0732. The maximum Gasteiger partial charge on any atom is 0.162 e. The number of aliphatic hydroxyl groups is 1. The second kappa shape index (κ2) is 7.91. The van der Waals surface area contributed by atoms with Crippen molar-refractivity contribution < 1.29 is 9.90 Å². The molecule has 0 aliphatic heterocycles. The number of ketones is 1. The van der Waals surface area contributed by atoms with Gasteiger partial charge in [-0.2, -0.15) is 0 Å². The molecule has 0 bridgehead atoms. The molecule has 146 valence electrons. The molecule has 2 nitrogen and oxygen atoms in total. The van der Waals surface area contributed by atoms with Gasteiger partial charge in [0.05, 0.1) is 6.10 Å². The molecule has 3 fully saturated rings. The van der Waals surface area contributed by atoms with Gasteiger partial charge in [-0.25, -0.2) is 0 Å². The van der Waals surface area contributed by atoms with Gasteiger partial charge in [0, 0.05) is 12.0 Å². The standard InChI is InChI=1S/C25H34O2/c1-16-14-17(2)25-22-11-9-20(26)15-19(22)8-10-23(25)21(16)12-13-24(27)18-6-4-3-5-7-18/h3-7,17,19-23,25-26H,1,8-15H2,2H3/t17-,19?,20?,21?,22?,23?,25?/m1/s1. The molecule has 6 unspecified atom stereocenters. The summed E-state index contributed by atoms with van der Waals surface area (Å²) in [6.45, 7) is 6.87. The van der Waals surface area contributed by atoms with Crippen LogP contribution in [0.25, 0.3) is 0 Å². The highest BCUT2D eigenvalue weighted by Crippen LogP contribution is 2.56. The topological polar surface area (TPSA) is 37.3 Å². The Kier molecular flexibility index (Phi) is 5.55. The van der Waals surface area contributed by atoms with Crippen molar-refractivity contribution in [3.8, 4) is 0 Å². The monoisotopic (exact) mass is 366 g/mol. The minimum absolute atomic E-state index is 0.0732. The third-order valence-corrected chi connectivity index (χ3v) is 7.93. The Morgan fingerprint density at radius 1 is 1.11 bits per heavy atom. The largest absolute Gasteiger partial charge is 0.393 e. The number of rotatable bonds is 4. The van der Waals surface area contributed by atoms with Crippen LogP contribution in [0.4, 0.5) is 0 Å². The smallest absolute Gasteiger partial charge is 0.162 e. The van der Waals surface area contributed by atoms with Crippen LogP contribution >= 0.6 is 0 Å². The summed E-state index contributed by atoms with van der Waals surface area (Å²) < 4.78 is 0. The summed E-state index contributed by atoms with van der Waals surface area (Å²) >= 11 is 0. The molecule has 27 heavy (non-hydrogen) atoms. The molecular formula is C25H34O2. The number of carbonyl (C=O) groups excluding carboxylic acids is 1. The van der Waals surface area contributed by atoms with Crippen molar-refractivity contribution in [1.29, 1.82) is 0 Å². The van der Waals surface area contributed by atoms with E-state index >= 15 is 0 Å². The van der Waals surface area contributed by atoms with Crippen LogP contribution in [-0.2, 0) is 0 Å². The number of allylic oxidation sites excluding steroid dienone is 1. The van der Waals surface area contributed by atoms with Crippen LogP contribution in [0.5, 0.6) is 0 Å². The zero-order valence-electron chi connectivity index (χ0n) is 16.6. The maximum absolute atomic E-state index is 12.6. The van der Waals surface area contributed by atoms with Crippen LogP contribution < -0.4 is 0 Å². The molecule has 1 aromatic carbocycles. The van der Waals surface area contributed by atoms with Gasteiger partial charge in [0.25, 0.3) is 0 Å². The number of aliphatic hydroxyl groups excluding tert-OH is 1. The fourth-order valence-electron chi connectivity index (χ4n) is 6.81. The molecule has 7 atom stereocenters. The first-order chi connectivity index (χ1) is 13.0. The van der Waals surface area contributed by atoms with E-state index in [0.29, 0.717) is 24.2 Å². The van der Waals surface area contributed by atoms with Crippen LogP contribution in [-0.4, -0.2) is 17.0 Å². The molecule has 1 aromatic rings. The highest BCUT2D eigenvalue weighted by atomic mass is 16.3. The Hall–Kier alpha value is -1.41. The van der Waals surface area contributed by atoms with Gasteiger partial charge in [0.1, 0.15) is 0 Å². The highest BCUT2D eigenvalue weighted by Gasteiger charge is 2.49. The average Bonchev–Trinajstić information content (AvgIpc) is 2.67. The molecule has 4 rings (SSSR count). The first kappa shape index (κ1) is 18.9. The summed E-state index contributed by atoms with van der Waals surface area (Å²) in [6, 6.07) is 9.72. The Balaban J connectivity index is 1.46. The second-order valence-corrected chi connectivity index (χ2v) is 9.48. The predicted octanol–water partition coefficient (Wildman–Crippen LogP) is 5.67. The summed E-state index contributed by atoms with van der Waals surface area (Å²) in [5, 5.41) is 10.1. The van der Waals surface area contributed by atoms with Crippen molar-refractivity contribution >= 4 is 5.78 Å². The lowest BCUT2D eigenvalue weighted by molar-refractivity contribution is -0.0465. The number of hydrogen-bond acceptors (Lipinski definition) is 2. The molecule has 0 spiro atoms. The molecule has 0 aromatic heterocycles. The highest BCUT2D eigenvalue weighted by molar-refractivity contribution is 5.95. The summed E-state index contributed by atoms with van der Waals surface area (Å²) in [7, 11) is 0. The summed E-state index contributed by atoms with van der Waals surface area (Å²) in [4.78, 5) is 12.6. The molecule has 3 aliphatic rings. The maximum atomic E-state index is 12.6.